The van der Waals surface area contributed by atoms with Gasteiger partial charge in [0.15, 0.2) is 5.76 Å². The van der Waals surface area contributed by atoms with E-state index in [4.69, 9.17) is 14.2 Å². The van der Waals surface area contributed by atoms with Crippen LogP contribution < -0.4 is 14.2 Å². The van der Waals surface area contributed by atoms with Crippen molar-refractivity contribution in [1.82, 2.24) is 0 Å². The van der Waals surface area contributed by atoms with Crippen molar-refractivity contribution < 1.29 is 23.8 Å². The fourth-order valence-corrected chi connectivity index (χ4v) is 3.13. The van der Waals surface area contributed by atoms with E-state index in [1.54, 1.807) is 59.1 Å². The minimum atomic E-state index is -0.633. The molecule has 0 fully saturated rings. The molecule has 0 saturated heterocycles. The van der Waals surface area contributed by atoms with E-state index in [1.807, 2.05) is 12.1 Å². The van der Waals surface area contributed by atoms with E-state index in [2.05, 4.69) is 15.9 Å². The number of fused-ring (bicyclic) bond motifs is 1. The lowest BCUT2D eigenvalue weighted by molar-refractivity contribution is -0.143. The van der Waals surface area contributed by atoms with Crippen LogP contribution >= 0.6 is 15.9 Å². The van der Waals surface area contributed by atoms with E-state index in [9.17, 15) is 9.59 Å². The Morgan fingerprint density at radius 1 is 1.18 bits per heavy atom. The zero-order valence-corrected chi connectivity index (χ0v) is 18.0. The van der Waals surface area contributed by atoms with Gasteiger partial charge in [0.1, 0.15) is 17.2 Å². The van der Waals surface area contributed by atoms with Crippen LogP contribution in [0.5, 0.6) is 17.2 Å². The minimum Gasteiger partial charge on any atom is -0.496 e. The molecule has 1 heterocycles. The monoisotopic (exact) mass is 444 g/mol. The van der Waals surface area contributed by atoms with Crippen LogP contribution in [-0.4, -0.2) is 18.9 Å². The number of hydrogen-bond acceptors (Lipinski definition) is 5. The summed E-state index contributed by atoms with van der Waals surface area (Å²) in [4.78, 5) is 25.0. The number of rotatable bonds is 3. The summed E-state index contributed by atoms with van der Waals surface area (Å²) in [5.41, 5.74) is 1.23. The first-order valence-electron chi connectivity index (χ1n) is 8.75. The molecule has 146 valence electrons. The molecule has 0 bridgehead atoms. The molecule has 28 heavy (non-hydrogen) atoms. The van der Waals surface area contributed by atoms with Crippen LogP contribution in [0.1, 0.15) is 42.3 Å². The fourth-order valence-electron chi connectivity index (χ4n) is 2.76. The molecule has 5 nitrogen and oxygen atoms in total. The molecule has 1 aliphatic heterocycles. The van der Waals surface area contributed by atoms with Crippen LogP contribution in [0, 0.1) is 12.3 Å². The summed E-state index contributed by atoms with van der Waals surface area (Å²) in [6.45, 7) is 7.13. The van der Waals surface area contributed by atoms with E-state index in [-0.39, 0.29) is 17.5 Å². The maximum atomic E-state index is 12.8. The van der Waals surface area contributed by atoms with Gasteiger partial charge < -0.3 is 14.2 Å². The van der Waals surface area contributed by atoms with Crippen molar-refractivity contribution >= 4 is 33.8 Å². The van der Waals surface area contributed by atoms with Gasteiger partial charge in [-0.1, -0.05) is 15.9 Å². The Kier molecular flexibility index (Phi) is 5.35. The number of hydrogen-bond donors (Lipinski definition) is 0. The predicted octanol–water partition coefficient (Wildman–Crippen LogP) is 5.33. The van der Waals surface area contributed by atoms with E-state index in [1.165, 1.54) is 0 Å². The standard InChI is InChI=1S/C22H21BrO5/c1-12-8-15(27-21(25)22(2,3)4)11-17-19(12)20(24)18(28-17)10-13-9-14(23)6-7-16(13)26-5/h6-11H,1-5H3/b18-10-. The lowest BCUT2D eigenvalue weighted by atomic mass is 9.97. The number of ketones is 1. The van der Waals surface area contributed by atoms with Crippen LogP contribution in [0.2, 0.25) is 0 Å². The number of esters is 1. The summed E-state index contributed by atoms with van der Waals surface area (Å²) in [6, 6.07) is 8.75. The molecular formula is C22H21BrO5. The number of carbonyl (C=O) groups is 2. The molecule has 0 saturated carbocycles. The van der Waals surface area contributed by atoms with Gasteiger partial charge in [-0.25, -0.2) is 0 Å². The molecule has 0 N–H and O–H groups in total. The summed E-state index contributed by atoms with van der Waals surface area (Å²) in [5.74, 6) is 0.967. The molecule has 1 aliphatic rings. The zero-order valence-electron chi connectivity index (χ0n) is 16.4. The highest BCUT2D eigenvalue weighted by Crippen LogP contribution is 2.38. The highest BCUT2D eigenvalue weighted by Gasteiger charge is 2.31. The number of halogens is 1. The number of allylic oxidation sites excluding steroid dienone is 1. The van der Waals surface area contributed by atoms with E-state index in [0.717, 1.165) is 4.47 Å². The van der Waals surface area contributed by atoms with Gasteiger partial charge in [-0.15, -0.1) is 0 Å². The molecule has 0 aliphatic carbocycles. The Morgan fingerprint density at radius 3 is 2.54 bits per heavy atom. The van der Waals surface area contributed by atoms with Gasteiger partial charge >= 0.3 is 5.97 Å². The Labute approximate surface area is 172 Å². The summed E-state index contributed by atoms with van der Waals surface area (Å²) in [5, 5.41) is 0. The highest BCUT2D eigenvalue weighted by molar-refractivity contribution is 9.10. The number of aryl methyl sites for hydroxylation is 1. The second-order valence-electron chi connectivity index (χ2n) is 7.58. The highest BCUT2D eigenvalue weighted by atomic mass is 79.9. The first kappa shape index (κ1) is 20.1. The second-order valence-corrected chi connectivity index (χ2v) is 8.49. The van der Waals surface area contributed by atoms with Gasteiger partial charge in [-0.05, 0) is 63.6 Å². The van der Waals surface area contributed by atoms with Gasteiger partial charge in [0, 0.05) is 16.1 Å². The Morgan fingerprint density at radius 2 is 1.89 bits per heavy atom. The van der Waals surface area contributed by atoms with Crippen molar-refractivity contribution in [3.63, 3.8) is 0 Å². The van der Waals surface area contributed by atoms with E-state index < -0.39 is 5.41 Å². The Balaban J connectivity index is 1.96. The lowest BCUT2D eigenvalue weighted by Crippen LogP contribution is -2.25. The third-order valence-corrected chi connectivity index (χ3v) is 4.74. The molecule has 0 amide bonds. The largest absolute Gasteiger partial charge is 0.496 e. The number of Topliss-reactive ketones (excluding diaryl/α,β-unsaturated/α-hetero) is 1. The molecule has 0 spiro atoms. The Hall–Kier alpha value is -2.60. The van der Waals surface area contributed by atoms with Gasteiger partial charge in [0.2, 0.25) is 5.78 Å². The summed E-state index contributed by atoms with van der Waals surface area (Å²) < 4.78 is 17.5. The van der Waals surface area contributed by atoms with Gasteiger partial charge in [-0.2, -0.15) is 0 Å². The van der Waals surface area contributed by atoms with Gasteiger partial charge in [0.25, 0.3) is 0 Å². The number of methoxy groups -OCH3 is 1. The van der Waals surface area contributed by atoms with Crippen molar-refractivity contribution in [1.29, 1.82) is 0 Å². The second kappa shape index (κ2) is 7.43. The topological polar surface area (TPSA) is 61.8 Å². The average Bonchev–Trinajstić information content (AvgIpc) is 2.90. The normalized spacial score (nSPS) is 14.6. The molecule has 3 rings (SSSR count). The van der Waals surface area contributed by atoms with Crippen LogP contribution in [0.25, 0.3) is 6.08 Å². The summed E-state index contributed by atoms with van der Waals surface area (Å²) in [6.07, 6.45) is 1.65. The first-order valence-corrected chi connectivity index (χ1v) is 9.54. The van der Waals surface area contributed by atoms with Crippen LogP contribution in [0.15, 0.2) is 40.6 Å². The SMILES string of the molecule is COc1ccc(Br)cc1/C=C1\Oc2cc(OC(=O)C(C)(C)C)cc(C)c2C1=O. The maximum Gasteiger partial charge on any atom is 0.316 e. The fraction of sp³-hybridized carbons (Fsp3) is 0.273. The quantitative estimate of drug-likeness (QED) is 0.363. The molecular weight excluding hydrogens is 424 g/mol. The molecule has 0 aromatic heterocycles. The van der Waals surface area contributed by atoms with E-state index >= 15 is 0 Å². The van der Waals surface area contributed by atoms with Crippen molar-refractivity contribution in [2.75, 3.05) is 7.11 Å². The first-order chi connectivity index (χ1) is 13.1. The van der Waals surface area contributed by atoms with Crippen molar-refractivity contribution in [2.24, 2.45) is 5.41 Å². The smallest absolute Gasteiger partial charge is 0.316 e. The molecule has 2 aromatic rings. The predicted molar refractivity (Wildman–Crippen MR) is 110 cm³/mol. The number of benzene rings is 2. The van der Waals surface area contributed by atoms with Crippen molar-refractivity contribution in [3.05, 3.63) is 57.3 Å². The van der Waals surface area contributed by atoms with Gasteiger partial charge in [-0.3, -0.25) is 9.59 Å². The molecule has 2 aromatic carbocycles. The van der Waals surface area contributed by atoms with Gasteiger partial charge in [0.05, 0.1) is 18.1 Å². The lowest BCUT2D eigenvalue weighted by Gasteiger charge is -2.16. The average molecular weight is 445 g/mol. The molecule has 0 atom stereocenters. The molecule has 6 heteroatoms. The third-order valence-electron chi connectivity index (χ3n) is 4.24. The molecule has 0 radical (unpaired) electrons. The van der Waals surface area contributed by atoms with Crippen LogP contribution in [0.3, 0.4) is 0 Å². The Bertz CT molecular complexity index is 999. The maximum absolute atomic E-state index is 12.8. The van der Waals surface area contributed by atoms with Crippen molar-refractivity contribution in [3.8, 4) is 17.2 Å². The summed E-state index contributed by atoms with van der Waals surface area (Å²) >= 11 is 3.42. The third kappa shape index (κ3) is 3.97. The van der Waals surface area contributed by atoms with Crippen molar-refractivity contribution in [2.45, 2.75) is 27.7 Å². The zero-order chi connectivity index (χ0) is 20.6. The van der Waals surface area contributed by atoms with Crippen LogP contribution in [-0.2, 0) is 4.79 Å². The van der Waals surface area contributed by atoms with E-state index in [0.29, 0.717) is 33.9 Å². The summed E-state index contributed by atoms with van der Waals surface area (Å²) in [7, 11) is 1.57. The minimum absolute atomic E-state index is 0.189. The number of ether oxygens (including phenoxy) is 3. The molecule has 0 unspecified atom stereocenters. The number of carbonyl (C=O) groups excluding carboxylic acids is 2. The van der Waals surface area contributed by atoms with Crippen LogP contribution in [0.4, 0.5) is 0 Å².